The summed E-state index contributed by atoms with van der Waals surface area (Å²) in [6, 6.07) is 8.48. The largest absolute Gasteiger partial charge is 0.310 e. The molecular weight excluding hydrogens is 222 g/mol. The van der Waals surface area contributed by atoms with Crippen LogP contribution < -0.4 is 5.32 Å². The molecule has 2 nitrogen and oxygen atoms in total. The van der Waals surface area contributed by atoms with Gasteiger partial charge in [0, 0.05) is 0 Å². The van der Waals surface area contributed by atoms with Crippen LogP contribution in [0.3, 0.4) is 0 Å². The monoisotopic (exact) mass is 251 g/mol. The van der Waals surface area contributed by atoms with Crippen molar-refractivity contribution in [3.05, 3.63) is 35.4 Å². The quantitative estimate of drug-likeness (QED) is 0.807. The van der Waals surface area contributed by atoms with Gasteiger partial charge in [-0.05, 0) is 32.4 Å². The fourth-order valence-corrected chi connectivity index (χ4v) is 1.25. The van der Waals surface area contributed by atoms with Crippen LogP contribution in [0, 0.1) is 6.92 Å². The molecule has 0 saturated heterocycles. The number of nitrogens with one attached hydrogen (secondary N) is 1. The topological polar surface area (TPSA) is 29.1 Å². The van der Waals surface area contributed by atoms with E-state index in [9.17, 15) is 4.79 Å². The highest BCUT2D eigenvalue weighted by Gasteiger charge is 1.94. The fraction of sp³-hybridized carbons (Fsp3) is 0.562. The van der Waals surface area contributed by atoms with E-state index < -0.39 is 0 Å². The van der Waals surface area contributed by atoms with Crippen molar-refractivity contribution in [1.29, 1.82) is 0 Å². The molecule has 0 aliphatic heterocycles. The van der Waals surface area contributed by atoms with Gasteiger partial charge in [-0.1, -0.05) is 57.5 Å². The zero-order valence-corrected chi connectivity index (χ0v) is 12.8. The van der Waals surface area contributed by atoms with Crippen molar-refractivity contribution in [1.82, 2.24) is 5.32 Å². The van der Waals surface area contributed by atoms with E-state index in [1.165, 1.54) is 11.1 Å². The molecule has 0 fully saturated rings. The van der Waals surface area contributed by atoms with Crippen molar-refractivity contribution in [3.8, 4) is 0 Å². The van der Waals surface area contributed by atoms with Crippen LogP contribution in [0.15, 0.2) is 24.3 Å². The average Bonchev–Trinajstić information content (AvgIpc) is 2.41. The molecule has 0 atom stereocenters. The maximum atomic E-state index is 10.6. The minimum atomic E-state index is 0.189. The van der Waals surface area contributed by atoms with E-state index >= 15 is 0 Å². The Morgan fingerprint density at radius 3 is 2.00 bits per heavy atom. The molecule has 18 heavy (non-hydrogen) atoms. The van der Waals surface area contributed by atoms with Gasteiger partial charge in [-0.25, -0.2) is 0 Å². The first-order valence-electron chi connectivity index (χ1n) is 6.94. The number of hydrogen-bond acceptors (Lipinski definition) is 2. The minimum Gasteiger partial charge on any atom is -0.310 e. The van der Waals surface area contributed by atoms with Crippen LogP contribution in [-0.2, 0) is 11.2 Å². The summed E-state index contributed by atoms with van der Waals surface area (Å²) in [5, 5.41) is 3.10. The van der Waals surface area contributed by atoms with E-state index in [0.29, 0.717) is 6.54 Å². The van der Waals surface area contributed by atoms with Crippen LogP contribution in [0.5, 0.6) is 0 Å². The van der Waals surface area contributed by atoms with E-state index in [4.69, 9.17) is 0 Å². The number of aryl methyl sites for hydroxylation is 1. The van der Waals surface area contributed by atoms with Crippen molar-refractivity contribution < 1.29 is 4.79 Å². The van der Waals surface area contributed by atoms with Crippen LogP contribution in [0.4, 0.5) is 0 Å². The number of carbonyl (C=O) groups is 1. The molecule has 0 spiro atoms. The van der Waals surface area contributed by atoms with Crippen LogP contribution in [0.1, 0.15) is 45.7 Å². The van der Waals surface area contributed by atoms with E-state index in [0.717, 1.165) is 13.0 Å². The van der Waals surface area contributed by atoms with Crippen LogP contribution >= 0.6 is 0 Å². The van der Waals surface area contributed by atoms with Crippen molar-refractivity contribution >= 4 is 5.78 Å². The summed E-state index contributed by atoms with van der Waals surface area (Å²) >= 11 is 0. The van der Waals surface area contributed by atoms with Gasteiger partial charge in [0.2, 0.25) is 0 Å². The molecule has 0 aliphatic carbocycles. The first-order valence-corrected chi connectivity index (χ1v) is 6.94. The maximum absolute atomic E-state index is 10.6. The Morgan fingerprint density at radius 1 is 1.06 bits per heavy atom. The number of hydrogen-bond donors (Lipinski definition) is 1. The molecule has 0 aliphatic rings. The third-order valence-electron chi connectivity index (χ3n) is 2.08. The molecular formula is C16H29NO. The predicted molar refractivity (Wildman–Crippen MR) is 81.1 cm³/mol. The molecule has 0 heterocycles. The first kappa shape index (κ1) is 19.2. The molecule has 104 valence electrons. The average molecular weight is 251 g/mol. The maximum Gasteiger partial charge on any atom is 0.143 e. The molecule has 1 aromatic carbocycles. The highest BCUT2D eigenvalue weighted by atomic mass is 16.1. The van der Waals surface area contributed by atoms with E-state index in [1.807, 2.05) is 27.7 Å². The summed E-state index contributed by atoms with van der Waals surface area (Å²) in [6.07, 6.45) is 0.980. The van der Waals surface area contributed by atoms with Gasteiger partial charge in [0.25, 0.3) is 0 Å². The highest BCUT2D eigenvalue weighted by Crippen LogP contribution is 2.02. The molecule has 1 aromatic rings. The Bertz CT molecular complexity index is 290. The molecule has 0 bridgehead atoms. The van der Waals surface area contributed by atoms with Crippen molar-refractivity contribution in [3.63, 3.8) is 0 Å². The summed E-state index contributed by atoms with van der Waals surface area (Å²) in [6.45, 7) is 13.0. The number of benzene rings is 1. The Labute approximate surface area is 113 Å². The zero-order valence-electron chi connectivity index (χ0n) is 12.8. The molecule has 0 unspecified atom stereocenters. The third-order valence-corrected chi connectivity index (χ3v) is 2.08. The molecule has 0 saturated carbocycles. The minimum absolute atomic E-state index is 0.189. The summed E-state index contributed by atoms with van der Waals surface area (Å²) in [5.41, 5.74) is 2.59. The van der Waals surface area contributed by atoms with Gasteiger partial charge in [-0.2, -0.15) is 0 Å². The van der Waals surface area contributed by atoms with Crippen molar-refractivity contribution in [2.45, 2.75) is 48.0 Å². The zero-order chi connectivity index (χ0) is 14.4. The summed E-state index contributed by atoms with van der Waals surface area (Å²) in [7, 11) is 0. The summed E-state index contributed by atoms with van der Waals surface area (Å²) < 4.78 is 0. The molecule has 1 rings (SSSR count). The Balaban J connectivity index is 0. The van der Waals surface area contributed by atoms with Gasteiger partial charge in [-0.3, -0.25) is 4.79 Å². The van der Waals surface area contributed by atoms with Crippen molar-refractivity contribution in [2.75, 3.05) is 13.1 Å². The van der Waals surface area contributed by atoms with Gasteiger partial charge in [0.1, 0.15) is 5.78 Å². The van der Waals surface area contributed by atoms with Crippen LogP contribution in [0.2, 0.25) is 0 Å². The smallest absolute Gasteiger partial charge is 0.143 e. The Hall–Kier alpha value is -1.15. The van der Waals surface area contributed by atoms with Crippen molar-refractivity contribution in [2.24, 2.45) is 0 Å². The Morgan fingerprint density at radius 2 is 1.56 bits per heavy atom. The lowest BCUT2D eigenvalue weighted by atomic mass is 10.1. The third kappa shape index (κ3) is 11.3. The number of ketones is 1. The fourth-order valence-electron chi connectivity index (χ4n) is 1.25. The molecule has 0 amide bonds. The molecule has 0 aromatic heterocycles. The normalized spacial score (nSPS) is 8.56. The van der Waals surface area contributed by atoms with Crippen LogP contribution in [0.25, 0.3) is 0 Å². The number of carbonyl (C=O) groups excluding carboxylic acids is 1. The standard InChI is InChI=1S/C12H17NO.2C2H6/c1-10-3-5-12(6-4-10)7-8-13-9-11(2)14;2*1-2/h3-6,13H,7-9H2,1-2H3;2*1-2H3. The first-order chi connectivity index (χ1) is 8.68. The van der Waals surface area contributed by atoms with Gasteiger partial charge in [-0.15, -0.1) is 0 Å². The second-order valence-corrected chi connectivity index (χ2v) is 3.61. The number of Topliss-reactive ketones (excluding diaryl/α,β-unsaturated/α-hetero) is 1. The van der Waals surface area contributed by atoms with E-state index in [1.54, 1.807) is 6.92 Å². The molecule has 2 heteroatoms. The lowest BCUT2D eigenvalue weighted by molar-refractivity contribution is -0.116. The predicted octanol–water partition coefficient (Wildman–Crippen LogP) is 3.77. The van der Waals surface area contributed by atoms with Gasteiger partial charge in [0.05, 0.1) is 6.54 Å². The Kier molecular flexibility index (Phi) is 14.8. The van der Waals surface area contributed by atoms with Crippen LogP contribution in [-0.4, -0.2) is 18.9 Å². The second-order valence-electron chi connectivity index (χ2n) is 3.61. The molecule has 0 radical (unpaired) electrons. The summed E-state index contributed by atoms with van der Waals surface area (Å²) in [4.78, 5) is 10.6. The lowest BCUT2D eigenvalue weighted by Crippen LogP contribution is -2.23. The SMILES string of the molecule is CC.CC.CC(=O)CNCCc1ccc(C)cc1. The molecule has 1 N–H and O–H groups in total. The van der Waals surface area contributed by atoms with Gasteiger partial charge < -0.3 is 5.32 Å². The highest BCUT2D eigenvalue weighted by molar-refractivity contribution is 5.77. The van der Waals surface area contributed by atoms with E-state index in [2.05, 4.69) is 36.5 Å². The second kappa shape index (κ2) is 13.9. The summed E-state index contributed by atoms with van der Waals surface area (Å²) in [5.74, 6) is 0.189. The van der Waals surface area contributed by atoms with Gasteiger partial charge >= 0.3 is 0 Å². The van der Waals surface area contributed by atoms with E-state index in [-0.39, 0.29) is 5.78 Å². The number of rotatable bonds is 5. The van der Waals surface area contributed by atoms with Gasteiger partial charge in [0.15, 0.2) is 0 Å². The lowest BCUT2D eigenvalue weighted by Gasteiger charge is -2.03.